The van der Waals surface area contributed by atoms with Gasteiger partial charge in [-0.3, -0.25) is 0 Å². The second-order valence-corrected chi connectivity index (χ2v) is 6.43. The van der Waals surface area contributed by atoms with Crippen LogP contribution in [-0.2, 0) is 0 Å². The summed E-state index contributed by atoms with van der Waals surface area (Å²) < 4.78 is 0. The number of aliphatic hydroxyl groups excluding tert-OH is 4. The summed E-state index contributed by atoms with van der Waals surface area (Å²) in [6.07, 6.45) is 5.42. The normalized spacial score (nSPS) is 19.1. The molecule has 4 nitrogen and oxygen atoms in total. The van der Waals surface area contributed by atoms with Gasteiger partial charge in [0.1, 0.15) is 0 Å². The van der Waals surface area contributed by atoms with Crippen LogP contribution in [0.5, 0.6) is 0 Å². The molecule has 0 spiro atoms. The predicted octanol–water partition coefficient (Wildman–Crippen LogP) is 4.68. The molecule has 0 atom stereocenters. The summed E-state index contributed by atoms with van der Waals surface area (Å²) in [7, 11) is -3.19. The van der Waals surface area contributed by atoms with E-state index in [2.05, 4.69) is 0 Å². The van der Waals surface area contributed by atoms with Crippen molar-refractivity contribution in [3.05, 3.63) is 46.3 Å². The van der Waals surface area contributed by atoms with Crippen LogP contribution in [0.2, 0.25) is 0 Å². The summed E-state index contributed by atoms with van der Waals surface area (Å²) in [4.78, 5) is 0. The molecule has 0 saturated heterocycles. The molecule has 17 heavy (non-hydrogen) atoms. The molecule has 0 saturated carbocycles. The minimum Gasteiger partial charge on any atom is -0.481 e. The van der Waals surface area contributed by atoms with Crippen LogP contribution in [0.1, 0.15) is 27.7 Å². The largest absolute Gasteiger partial charge is 0.481 e. The van der Waals surface area contributed by atoms with E-state index in [-0.39, 0.29) is 22.0 Å². The quantitative estimate of drug-likeness (QED) is 0.436. The highest BCUT2D eigenvalue weighted by atomic mass is 31.2. The molecule has 0 aliphatic heterocycles. The smallest absolute Gasteiger partial charge is 0.290 e. The summed E-state index contributed by atoms with van der Waals surface area (Å²) in [6, 6.07) is 0. The lowest BCUT2D eigenvalue weighted by molar-refractivity contribution is 0.394. The van der Waals surface area contributed by atoms with E-state index >= 15 is 0 Å². The van der Waals surface area contributed by atoms with Crippen LogP contribution >= 0.6 is 7.26 Å². The highest BCUT2D eigenvalue weighted by Crippen LogP contribution is 2.79. The van der Waals surface area contributed by atoms with Crippen molar-refractivity contribution in [3.8, 4) is 0 Å². The first-order valence-corrected chi connectivity index (χ1v) is 7.04. The van der Waals surface area contributed by atoms with Gasteiger partial charge in [-0.15, -0.1) is 0 Å². The molecule has 0 aromatic heterocycles. The van der Waals surface area contributed by atoms with E-state index in [1.165, 1.54) is 24.3 Å². The Hall–Kier alpha value is -1.41. The number of hydrogen-bond donors (Lipinski definition) is 4. The van der Waals surface area contributed by atoms with Crippen LogP contribution in [0, 0.1) is 0 Å². The van der Waals surface area contributed by atoms with Gasteiger partial charge in [0, 0.05) is 0 Å². The van der Waals surface area contributed by atoms with Crippen LogP contribution in [0.25, 0.3) is 0 Å². The second-order valence-electron chi connectivity index (χ2n) is 3.26. The van der Waals surface area contributed by atoms with Crippen LogP contribution in [0.4, 0.5) is 0 Å². The van der Waals surface area contributed by atoms with E-state index in [4.69, 9.17) is 0 Å². The average molecular weight is 259 g/mol. The molecule has 0 fully saturated rings. The molecular formula is C12H20O4P+. The van der Waals surface area contributed by atoms with Crippen LogP contribution < -0.4 is 0 Å². The number of aliphatic hydroxyl groups is 4. The van der Waals surface area contributed by atoms with Gasteiger partial charge >= 0.3 is 0 Å². The Balaban J connectivity index is 6.31. The second kappa shape index (κ2) is 6.36. The molecule has 0 radical (unpaired) electrons. The molecule has 96 valence electrons. The molecule has 5 heteroatoms. The molecule has 0 unspecified atom stereocenters. The van der Waals surface area contributed by atoms with Crippen molar-refractivity contribution in [2.45, 2.75) is 27.7 Å². The molecule has 0 rings (SSSR count). The molecule has 0 heterocycles. The van der Waals surface area contributed by atoms with Crippen molar-refractivity contribution < 1.29 is 20.4 Å². The maximum atomic E-state index is 9.98. The first-order valence-electron chi connectivity index (χ1n) is 5.25. The number of rotatable bonds is 4. The van der Waals surface area contributed by atoms with Crippen LogP contribution in [0.3, 0.4) is 0 Å². The van der Waals surface area contributed by atoms with Gasteiger partial charge < -0.3 is 20.4 Å². The Kier molecular flexibility index (Phi) is 5.83. The molecule has 0 aromatic carbocycles. The zero-order chi connectivity index (χ0) is 13.6. The fourth-order valence-corrected chi connectivity index (χ4v) is 4.44. The monoisotopic (exact) mass is 259 g/mol. The third-order valence-corrected chi connectivity index (χ3v) is 6.19. The highest BCUT2D eigenvalue weighted by Gasteiger charge is 2.58. The van der Waals surface area contributed by atoms with Gasteiger partial charge in [-0.1, -0.05) is 0 Å². The highest BCUT2D eigenvalue weighted by molar-refractivity contribution is 7.89. The zero-order valence-corrected chi connectivity index (χ0v) is 11.4. The van der Waals surface area contributed by atoms with Gasteiger partial charge in [-0.2, -0.15) is 0 Å². The van der Waals surface area contributed by atoms with Gasteiger partial charge in [-0.05, 0) is 52.0 Å². The standard InChI is InChI=1S/C12H19O4P/c1-5-9(13)17(10(14)6-2,11(15)7-3)12(16)8-4/h5-8H,1-4H3,(H3-,13,14,15,16)/p+1. The molecule has 0 aromatic rings. The maximum absolute atomic E-state index is 9.98. The lowest BCUT2D eigenvalue weighted by atomic mass is 10.7. The van der Waals surface area contributed by atoms with Gasteiger partial charge in [0.2, 0.25) is 0 Å². The molecule has 0 aliphatic rings. The fourth-order valence-electron chi connectivity index (χ4n) is 1.48. The van der Waals surface area contributed by atoms with E-state index in [9.17, 15) is 20.4 Å². The van der Waals surface area contributed by atoms with Crippen LogP contribution in [0.15, 0.2) is 46.3 Å². The Morgan fingerprint density at radius 2 is 0.765 bits per heavy atom. The van der Waals surface area contributed by atoms with Crippen molar-refractivity contribution in [2.24, 2.45) is 0 Å². The number of allylic oxidation sites excluding steroid dienone is 4. The summed E-state index contributed by atoms with van der Waals surface area (Å²) in [5.41, 5.74) is -0.947. The minimum absolute atomic E-state index is 0.237. The van der Waals surface area contributed by atoms with E-state index in [0.29, 0.717) is 0 Å². The molecular weight excluding hydrogens is 239 g/mol. The van der Waals surface area contributed by atoms with Crippen LogP contribution in [-0.4, -0.2) is 20.4 Å². The predicted molar refractivity (Wildman–Crippen MR) is 72.5 cm³/mol. The Morgan fingerprint density at radius 3 is 0.882 bits per heavy atom. The van der Waals surface area contributed by atoms with E-state index in [1.54, 1.807) is 27.7 Å². The van der Waals surface area contributed by atoms with Crippen molar-refractivity contribution in [1.82, 2.24) is 0 Å². The Bertz CT molecular complexity index is 314. The zero-order valence-electron chi connectivity index (χ0n) is 10.5. The molecule has 0 bridgehead atoms. The lowest BCUT2D eigenvalue weighted by Crippen LogP contribution is -2.06. The van der Waals surface area contributed by atoms with Gasteiger partial charge in [0.25, 0.3) is 29.3 Å². The van der Waals surface area contributed by atoms with E-state index in [0.717, 1.165) is 0 Å². The molecule has 0 amide bonds. The summed E-state index contributed by atoms with van der Waals surface area (Å²) in [6.45, 7) is 6.27. The van der Waals surface area contributed by atoms with Crippen molar-refractivity contribution >= 4 is 7.26 Å². The third kappa shape index (κ3) is 2.47. The Morgan fingerprint density at radius 1 is 0.588 bits per heavy atom. The average Bonchev–Trinajstić information content (AvgIpc) is 2.37. The van der Waals surface area contributed by atoms with E-state index < -0.39 is 7.26 Å². The summed E-state index contributed by atoms with van der Waals surface area (Å²) in [5, 5.41) is 39.9. The first-order chi connectivity index (χ1) is 7.93. The lowest BCUT2D eigenvalue weighted by Gasteiger charge is -2.21. The van der Waals surface area contributed by atoms with Crippen molar-refractivity contribution in [2.75, 3.05) is 0 Å². The summed E-state index contributed by atoms with van der Waals surface area (Å²) in [5.74, 6) is 0. The Labute approximate surface area is 102 Å². The molecule has 4 N–H and O–H groups in total. The molecule has 0 aliphatic carbocycles. The fraction of sp³-hybridized carbons (Fsp3) is 0.333. The SMILES string of the molecule is CC=C(O)[P+](C(O)=CC)(C(O)=CC)C(O)=CC. The van der Waals surface area contributed by atoms with Gasteiger partial charge in [-0.25, -0.2) is 0 Å². The minimum atomic E-state index is -3.19. The maximum Gasteiger partial charge on any atom is 0.290 e. The van der Waals surface area contributed by atoms with Crippen molar-refractivity contribution in [1.29, 1.82) is 0 Å². The van der Waals surface area contributed by atoms with Crippen molar-refractivity contribution in [3.63, 3.8) is 0 Å². The summed E-state index contributed by atoms with van der Waals surface area (Å²) >= 11 is 0. The number of hydrogen-bond acceptors (Lipinski definition) is 4. The topological polar surface area (TPSA) is 80.9 Å². The third-order valence-electron chi connectivity index (χ3n) is 2.41. The van der Waals surface area contributed by atoms with Gasteiger partial charge in [0.05, 0.1) is 0 Å². The van der Waals surface area contributed by atoms with E-state index in [1.807, 2.05) is 0 Å². The van der Waals surface area contributed by atoms with Gasteiger partial charge in [0.15, 0.2) is 0 Å². The first kappa shape index (κ1) is 15.6.